The molecule has 0 radical (unpaired) electrons. The number of hydrogen-bond acceptors (Lipinski definition) is 7. The summed E-state index contributed by atoms with van der Waals surface area (Å²) >= 11 is 0. The summed E-state index contributed by atoms with van der Waals surface area (Å²) in [6.45, 7) is 6.79. The maximum absolute atomic E-state index is 12.3. The molecule has 2 fully saturated rings. The fourth-order valence-electron chi connectivity index (χ4n) is 6.43. The molecular formula is C40H41NO6. The lowest BCUT2D eigenvalue weighted by molar-refractivity contribution is -0.144. The van der Waals surface area contributed by atoms with Crippen molar-refractivity contribution in [3.05, 3.63) is 113 Å². The molecule has 2 aliphatic heterocycles. The first kappa shape index (κ1) is 31.2. The van der Waals surface area contributed by atoms with E-state index in [1.807, 2.05) is 0 Å². The molecule has 7 nitrogen and oxygen atoms in total. The molecule has 242 valence electrons. The molecule has 4 aromatic rings. The van der Waals surface area contributed by atoms with Crippen LogP contribution in [0.1, 0.15) is 55.4 Å². The van der Waals surface area contributed by atoms with Gasteiger partial charge >= 0.3 is 11.9 Å². The van der Waals surface area contributed by atoms with Crippen LogP contribution in [0.4, 0.5) is 17.1 Å². The highest BCUT2D eigenvalue weighted by molar-refractivity contribution is 5.85. The van der Waals surface area contributed by atoms with E-state index in [4.69, 9.17) is 18.9 Å². The van der Waals surface area contributed by atoms with E-state index in [2.05, 4.69) is 110 Å². The van der Waals surface area contributed by atoms with Crippen LogP contribution in [0.15, 0.2) is 91.0 Å². The molecule has 2 heterocycles. The van der Waals surface area contributed by atoms with Gasteiger partial charge in [0.05, 0.1) is 25.9 Å². The molecule has 47 heavy (non-hydrogen) atoms. The van der Waals surface area contributed by atoms with Crippen molar-refractivity contribution in [2.45, 2.75) is 63.6 Å². The molecule has 4 aromatic carbocycles. The van der Waals surface area contributed by atoms with E-state index in [0.717, 1.165) is 41.2 Å². The minimum absolute atomic E-state index is 0.0752. The van der Waals surface area contributed by atoms with Crippen LogP contribution in [-0.4, -0.2) is 50.6 Å². The molecule has 0 aromatic heterocycles. The van der Waals surface area contributed by atoms with Crippen LogP contribution >= 0.6 is 0 Å². The molecule has 2 atom stereocenters. The van der Waals surface area contributed by atoms with Crippen LogP contribution in [-0.2, 0) is 46.8 Å². The standard InChI is InChI=1S/C40H41NO6/c1-40(2)36-6-4-3-5-34(36)35-18-17-31(23-37(35)40)41(30-15-9-28(10-16-30)12-20-39(43)47-26-33-25-46-33)29-13-7-27(8-14-29)11-19-38(42)44-22-21-32-24-45-32/h3-10,13-18,23,32-33H,11-12,19-22,24-26H2,1-2H3. The minimum Gasteiger partial charge on any atom is -0.466 e. The van der Waals surface area contributed by atoms with E-state index in [-0.39, 0.29) is 29.6 Å². The van der Waals surface area contributed by atoms with Gasteiger partial charge < -0.3 is 23.8 Å². The zero-order valence-corrected chi connectivity index (χ0v) is 27.1. The number of aryl methyl sites for hydroxylation is 2. The van der Waals surface area contributed by atoms with Gasteiger partial charge in [-0.05, 0) is 82.6 Å². The number of carbonyl (C=O) groups excluding carboxylic acids is 2. The number of ether oxygens (including phenoxy) is 4. The Morgan fingerprint density at radius 2 is 1.26 bits per heavy atom. The molecule has 3 aliphatic rings. The normalized spacial score (nSPS) is 18.2. The SMILES string of the molecule is CC1(C)c2ccccc2-c2ccc(N(c3ccc(CCC(=O)OCCC4CO4)cc3)c3ccc(CCC(=O)OCC4CO4)cc3)cc21. The number of epoxide rings is 2. The molecular weight excluding hydrogens is 590 g/mol. The number of fused-ring (bicyclic) bond motifs is 3. The Morgan fingerprint density at radius 1 is 0.702 bits per heavy atom. The third-order valence-electron chi connectivity index (χ3n) is 9.39. The summed E-state index contributed by atoms with van der Waals surface area (Å²) in [6.07, 6.45) is 3.02. The van der Waals surface area contributed by atoms with E-state index >= 15 is 0 Å². The number of esters is 2. The van der Waals surface area contributed by atoms with Gasteiger partial charge in [-0.2, -0.15) is 0 Å². The largest absolute Gasteiger partial charge is 0.466 e. The van der Waals surface area contributed by atoms with E-state index in [1.165, 1.54) is 22.3 Å². The number of carbonyl (C=O) groups is 2. The predicted octanol–water partition coefficient (Wildman–Crippen LogP) is 7.60. The van der Waals surface area contributed by atoms with Crippen molar-refractivity contribution in [2.75, 3.05) is 31.3 Å². The average molecular weight is 632 g/mol. The molecule has 2 saturated heterocycles. The van der Waals surface area contributed by atoms with Gasteiger partial charge in [-0.25, -0.2) is 0 Å². The van der Waals surface area contributed by atoms with Gasteiger partial charge in [-0.15, -0.1) is 0 Å². The molecule has 7 heteroatoms. The second-order valence-electron chi connectivity index (χ2n) is 13.2. The minimum atomic E-state index is -0.200. The van der Waals surface area contributed by atoms with Crippen molar-refractivity contribution in [3.8, 4) is 11.1 Å². The highest BCUT2D eigenvalue weighted by Crippen LogP contribution is 2.50. The number of rotatable bonds is 14. The van der Waals surface area contributed by atoms with E-state index < -0.39 is 0 Å². The van der Waals surface area contributed by atoms with Crippen molar-refractivity contribution in [3.63, 3.8) is 0 Å². The molecule has 0 amide bonds. The predicted molar refractivity (Wildman–Crippen MR) is 181 cm³/mol. The summed E-state index contributed by atoms with van der Waals surface area (Å²) in [6, 6.07) is 32.2. The van der Waals surface area contributed by atoms with Crippen LogP contribution in [0.5, 0.6) is 0 Å². The van der Waals surface area contributed by atoms with Gasteiger partial charge in [0, 0.05) is 41.7 Å². The highest BCUT2D eigenvalue weighted by Gasteiger charge is 2.35. The van der Waals surface area contributed by atoms with Crippen molar-refractivity contribution in [2.24, 2.45) is 0 Å². The maximum Gasteiger partial charge on any atom is 0.306 e. The Balaban J connectivity index is 1.11. The lowest BCUT2D eigenvalue weighted by Gasteiger charge is -2.28. The summed E-state index contributed by atoms with van der Waals surface area (Å²) in [4.78, 5) is 26.7. The quantitative estimate of drug-likeness (QED) is 0.105. The zero-order chi connectivity index (χ0) is 32.4. The molecule has 2 unspecified atom stereocenters. The summed E-state index contributed by atoms with van der Waals surface area (Å²) in [5.74, 6) is -0.377. The Hall–Kier alpha value is -4.46. The van der Waals surface area contributed by atoms with Crippen LogP contribution in [0.3, 0.4) is 0 Å². The summed E-state index contributed by atoms with van der Waals surface area (Å²) in [7, 11) is 0. The summed E-state index contributed by atoms with van der Waals surface area (Å²) < 4.78 is 21.0. The van der Waals surface area contributed by atoms with Gasteiger partial charge in [0.2, 0.25) is 0 Å². The molecule has 0 saturated carbocycles. The summed E-state index contributed by atoms with van der Waals surface area (Å²) in [5, 5.41) is 0. The lowest BCUT2D eigenvalue weighted by atomic mass is 9.82. The smallest absolute Gasteiger partial charge is 0.306 e. The van der Waals surface area contributed by atoms with Crippen molar-refractivity contribution >= 4 is 29.0 Å². The van der Waals surface area contributed by atoms with Crippen LogP contribution < -0.4 is 4.90 Å². The zero-order valence-electron chi connectivity index (χ0n) is 27.1. The molecule has 1 aliphatic carbocycles. The first-order valence-corrected chi connectivity index (χ1v) is 16.6. The second kappa shape index (κ2) is 13.3. The van der Waals surface area contributed by atoms with E-state index in [1.54, 1.807) is 0 Å². The molecule has 0 N–H and O–H groups in total. The Labute approximate surface area is 276 Å². The number of nitrogens with zero attached hydrogens (tertiary/aromatic N) is 1. The van der Waals surface area contributed by atoms with Crippen LogP contribution in [0, 0.1) is 0 Å². The number of benzene rings is 4. The van der Waals surface area contributed by atoms with Crippen LogP contribution in [0.2, 0.25) is 0 Å². The van der Waals surface area contributed by atoms with Gasteiger partial charge in [0.1, 0.15) is 12.7 Å². The van der Waals surface area contributed by atoms with Gasteiger partial charge in [0.15, 0.2) is 0 Å². The monoisotopic (exact) mass is 631 g/mol. The fraction of sp³-hybridized carbons (Fsp3) is 0.350. The Bertz CT molecular complexity index is 1740. The maximum atomic E-state index is 12.3. The Morgan fingerprint density at radius 3 is 1.87 bits per heavy atom. The van der Waals surface area contributed by atoms with Gasteiger partial charge in [-0.3, -0.25) is 9.59 Å². The Kier molecular flexibility index (Phi) is 8.84. The third-order valence-corrected chi connectivity index (χ3v) is 9.39. The first-order valence-electron chi connectivity index (χ1n) is 16.6. The average Bonchev–Trinajstić information content (AvgIpc) is 4.03. The van der Waals surface area contributed by atoms with Crippen molar-refractivity contribution in [1.29, 1.82) is 0 Å². The molecule has 7 rings (SSSR count). The lowest BCUT2D eigenvalue weighted by Crippen LogP contribution is -2.16. The third kappa shape index (κ3) is 7.27. The fourth-order valence-corrected chi connectivity index (χ4v) is 6.43. The topological polar surface area (TPSA) is 80.9 Å². The van der Waals surface area contributed by atoms with Crippen molar-refractivity contribution < 1.29 is 28.5 Å². The van der Waals surface area contributed by atoms with E-state index in [0.29, 0.717) is 45.5 Å². The van der Waals surface area contributed by atoms with Gasteiger partial charge in [-0.1, -0.05) is 68.4 Å². The number of hydrogen-bond donors (Lipinski definition) is 0. The van der Waals surface area contributed by atoms with Crippen LogP contribution in [0.25, 0.3) is 11.1 Å². The highest BCUT2D eigenvalue weighted by atomic mass is 16.6. The van der Waals surface area contributed by atoms with E-state index in [9.17, 15) is 9.59 Å². The first-order chi connectivity index (χ1) is 22.8. The number of anilines is 3. The second-order valence-corrected chi connectivity index (χ2v) is 13.2. The molecule has 0 bridgehead atoms. The van der Waals surface area contributed by atoms with Crippen molar-refractivity contribution in [1.82, 2.24) is 0 Å². The summed E-state index contributed by atoms with van der Waals surface area (Å²) in [5.41, 5.74) is 10.4. The van der Waals surface area contributed by atoms with Gasteiger partial charge in [0.25, 0.3) is 0 Å². The molecule has 0 spiro atoms.